The number of rotatable bonds is 4. The first-order valence-corrected chi connectivity index (χ1v) is 9.52. The first-order valence-electron chi connectivity index (χ1n) is 9.52. The monoisotopic (exact) mass is 400 g/mol. The fourth-order valence-electron chi connectivity index (χ4n) is 3.90. The summed E-state index contributed by atoms with van der Waals surface area (Å²) in [6.45, 7) is 0.0747. The second-order valence-electron chi connectivity index (χ2n) is 7.46. The summed E-state index contributed by atoms with van der Waals surface area (Å²) in [5.74, 6) is 0.288. The minimum atomic E-state index is -1.30. The van der Waals surface area contributed by atoms with E-state index in [9.17, 15) is 25.2 Å². The number of nitrogens with one attached hydrogen (secondary N) is 1. The van der Waals surface area contributed by atoms with E-state index < -0.39 is 30.5 Å². The summed E-state index contributed by atoms with van der Waals surface area (Å²) in [6.07, 6.45) is -4.38. The number of aliphatic hydroxyl groups is 4. The van der Waals surface area contributed by atoms with Crippen LogP contribution in [0.25, 0.3) is 0 Å². The van der Waals surface area contributed by atoms with Gasteiger partial charge in [-0.2, -0.15) is 0 Å². The van der Waals surface area contributed by atoms with Crippen molar-refractivity contribution in [1.82, 2.24) is 4.90 Å². The molecule has 29 heavy (non-hydrogen) atoms. The number of piperidine rings is 1. The molecule has 1 unspecified atom stereocenters. The molecule has 5 N–H and O–H groups in total. The Morgan fingerprint density at radius 2 is 1.83 bits per heavy atom. The van der Waals surface area contributed by atoms with Crippen LogP contribution in [0.1, 0.15) is 17.2 Å². The van der Waals surface area contributed by atoms with Crippen LogP contribution in [-0.2, 0) is 11.3 Å². The molecule has 1 fully saturated rings. The third-order valence-corrected chi connectivity index (χ3v) is 5.49. The number of carbonyl (C=O) groups excluding carboxylic acids is 1. The maximum absolute atomic E-state index is 12.5. The van der Waals surface area contributed by atoms with Crippen molar-refractivity contribution in [1.29, 1.82) is 0 Å². The molecule has 0 saturated carbocycles. The van der Waals surface area contributed by atoms with E-state index in [1.807, 2.05) is 36.4 Å². The standard InChI is InChI=1S/C21H24N2O6/c24-11-15-18(26)19(27)16(25)10-23(15)9-12-6-7-17-14(8-12)22-21(28)20(29-17)13-4-2-1-3-5-13/h1-8,15-16,18-20,24-27H,9-11H2,(H,22,28)/t15-,16-,18-,19+,20?/m0/s1. The highest BCUT2D eigenvalue weighted by Gasteiger charge is 2.41. The van der Waals surface area contributed by atoms with Crippen LogP contribution in [0.4, 0.5) is 5.69 Å². The summed E-state index contributed by atoms with van der Waals surface area (Å²) in [6, 6.07) is 13.9. The number of β-amino-alcohol motifs (C(OH)–C–C–N with tert-alkyl or cyclic N) is 1. The van der Waals surface area contributed by atoms with E-state index in [0.717, 1.165) is 11.1 Å². The first-order chi connectivity index (χ1) is 14.0. The lowest BCUT2D eigenvalue weighted by Crippen LogP contribution is -2.62. The van der Waals surface area contributed by atoms with Gasteiger partial charge in [-0.1, -0.05) is 36.4 Å². The number of nitrogens with zero attached hydrogens (tertiary/aromatic N) is 1. The molecule has 5 atom stereocenters. The quantitative estimate of drug-likeness (QED) is 0.490. The second-order valence-corrected chi connectivity index (χ2v) is 7.46. The molecule has 1 amide bonds. The Morgan fingerprint density at radius 1 is 1.07 bits per heavy atom. The topological polar surface area (TPSA) is 122 Å². The van der Waals surface area contributed by atoms with Crippen molar-refractivity contribution in [3.8, 4) is 5.75 Å². The lowest BCUT2D eigenvalue weighted by atomic mass is 9.93. The Labute approximate surface area is 168 Å². The average molecular weight is 400 g/mol. The zero-order valence-corrected chi connectivity index (χ0v) is 15.7. The van der Waals surface area contributed by atoms with Crippen LogP contribution in [0.2, 0.25) is 0 Å². The molecule has 0 bridgehead atoms. The van der Waals surface area contributed by atoms with E-state index in [1.165, 1.54) is 0 Å². The molecule has 8 nitrogen and oxygen atoms in total. The fourth-order valence-corrected chi connectivity index (χ4v) is 3.90. The molecule has 8 heteroatoms. The number of aliphatic hydroxyl groups excluding tert-OH is 4. The summed E-state index contributed by atoms with van der Waals surface area (Å²) < 4.78 is 5.89. The molecule has 0 spiro atoms. The van der Waals surface area contributed by atoms with Crippen molar-refractivity contribution >= 4 is 11.6 Å². The number of hydrogen-bond donors (Lipinski definition) is 5. The Kier molecular flexibility index (Phi) is 5.53. The van der Waals surface area contributed by atoms with Crippen molar-refractivity contribution in [2.75, 3.05) is 18.5 Å². The summed E-state index contributed by atoms with van der Waals surface area (Å²) in [7, 11) is 0. The van der Waals surface area contributed by atoms with Crippen molar-refractivity contribution in [3.63, 3.8) is 0 Å². The highest BCUT2D eigenvalue weighted by molar-refractivity contribution is 5.98. The van der Waals surface area contributed by atoms with Crippen molar-refractivity contribution in [2.45, 2.75) is 37.0 Å². The molecular formula is C21H24N2O6. The number of likely N-dealkylation sites (tertiary alicyclic amines) is 1. The molecule has 2 aliphatic rings. The molecule has 4 rings (SSSR count). The van der Waals surface area contributed by atoms with Gasteiger partial charge in [0.15, 0.2) is 0 Å². The minimum absolute atomic E-state index is 0.111. The predicted octanol–water partition coefficient (Wildman–Crippen LogP) is 0.0180. The number of ether oxygens (including phenoxy) is 1. The Hall–Kier alpha value is -2.49. The van der Waals surface area contributed by atoms with Crippen LogP contribution >= 0.6 is 0 Å². The Balaban J connectivity index is 1.52. The molecule has 2 heterocycles. The zero-order chi connectivity index (χ0) is 20.5. The van der Waals surface area contributed by atoms with Crippen LogP contribution in [0.15, 0.2) is 48.5 Å². The van der Waals surface area contributed by atoms with Gasteiger partial charge in [0.05, 0.1) is 24.4 Å². The lowest BCUT2D eigenvalue weighted by Gasteiger charge is -2.43. The number of benzene rings is 2. The average Bonchev–Trinajstić information content (AvgIpc) is 2.72. The number of amides is 1. The van der Waals surface area contributed by atoms with E-state index in [-0.39, 0.29) is 19.1 Å². The van der Waals surface area contributed by atoms with E-state index >= 15 is 0 Å². The van der Waals surface area contributed by atoms with Gasteiger partial charge in [-0.3, -0.25) is 9.69 Å². The largest absolute Gasteiger partial charge is 0.474 e. The van der Waals surface area contributed by atoms with E-state index in [4.69, 9.17) is 4.74 Å². The SMILES string of the molecule is O=C1Nc2cc(CN3C[C@H](O)[C@@H](O)[C@@H](O)[C@@H]3CO)ccc2OC1c1ccccc1. The van der Waals surface area contributed by atoms with Crippen LogP contribution in [0.5, 0.6) is 5.75 Å². The summed E-state index contributed by atoms with van der Waals surface area (Å²) >= 11 is 0. The van der Waals surface area contributed by atoms with Gasteiger partial charge >= 0.3 is 0 Å². The van der Waals surface area contributed by atoms with Gasteiger partial charge in [0.1, 0.15) is 18.0 Å². The maximum Gasteiger partial charge on any atom is 0.270 e. The van der Waals surface area contributed by atoms with Gasteiger partial charge in [0.2, 0.25) is 6.10 Å². The van der Waals surface area contributed by atoms with E-state index in [1.54, 1.807) is 17.0 Å². The fraction of sp³-hybridized carbons (Fsp3) is 0.381. The number of hydrogen-bond acceptors (Lipinski definition) is 7. The highest BCUT2D eigenvalue weighted by Crippen LogP contribution is 2.36. The van der Waals surface area contributed by atoms with Gasteiger partial charge < -0.3 is 30.5 Å². The van der Waals surface area contributed by atoms with Crippen molar-refractivity contribution in [2.24, 2.45) is 0 Å². The van der Waals surface area contributed by atoms with Crippen LogP contribution < -0.4 is 10.1 Å². The van der Waals surface area contributed by atoms with Crippen LogP contribution in [0, 0.1) is 0 Å². The van der Waals surface area contributed by atoms with Gasteiger partial charge in [0, 0.05) is 18.7 Å². The summed E-state index contributed by atoms with van der Waals surface area (Å²) in [4.78, 5) is 14.2. The van der Waals surface area contributed by atoms with Crippen molar-refractivity contribution < 1.29 is 30.0 Å². The molecule has 2 aliphatic heterocycles. The molecule has 0 aromatic heterocycles. The first kappa shape index (κ1) is 19.8. The predicted molar refractivity (Wildman–Crippen MR) is 104 cm³/mol. The number of fused-ring (bicyclic) bond motifs is 1. The molecule has 2 aromatic carbocycles. The molecule has 0 radical (unpaired) electrons. The second kappa shape index (κ2) is 8.10. The Morgan fingerprint density at radius 3 is 2.55 bits per heavy atom. The van der Waals surface area contributed by atoms with Gasteiger partial charge in [-0.05, 0) is 17.7 Å². The molecule has 154 valence electrons. The molecule has 0 aliphatic carbocycles. The zero-order valence-electron chi connectivity index (χ0n) is 15.7. The molecule has 1 saturated heterocycles. The highest BCUT2D eigenvalue weighted by atomic mass is 16.5. The van der Waals surface area contributed by atoms with Gasteiger partial charge in [0.25, 0.3) is 5.91 Å². The van der Waals surface area contributed by atoms with Crippen molar-refractivity contribution in [3.05, 3.63) is 59.7 Å². The summed E-state index contributed by atoms with van der Waals surface area (Å²) in [5, 5.41) is 42.4. The number of carbonyl (C=O) groups is 1. The third kappa shape index (κ3) is 3.85. The number of anilines is 1. The lowest BCUT2D eigenvalue weighted by molar-refractivity contribution is -0.147. The van der Waals surface area contributed by atoms with Crippen LogP contribution in [0.3, 0.4) is 0 Å². The smallest absolute Gasteiger partial charge is 0.270 e. The summed E-state index contributed by atoms with van der Waals surface area (Å²) in [5.41, 5.74) is 2.11. The third-order valence-electron chi connectivity index (χ3n) is 5.49. The Bertz CT molecular complexity index is 877. The van der Waals surface area contributed by atoms with Crippen LogP contribution in [-0.4, -0.2) is 68.7 Å². The maximum atomic E-state index is 12.5. The molecule has 2 aromatic rings. The molecular weight excluding hydrogens is 376 g/mol. The van der Waals surface area contributed by atoms with Gasteiger partial charge in [-0.25, -0.2) is 0 Å². The minimum Gasteiger partial charge on any atom is -0.474 e. The van der Waals surface area contributed by atoms with E-state index in [2.05, 4.69) is 5.32 Å². The van der Waals surface area contributed by atoms with Gasteiger partial charge in [-0.15, -0.1) is 0 Å². The van der Waals surface area contributed by atoms with E-state index in [0.29, 0.717) is 18.0 Å². The normalized spacial score (nSPS) is 29.7.